The molecule has 1 fully saturated rings. The van der Waals surface area contributed by atoms with Crippen LogP contribution in [0, 0.1) is 6.92 Å². The molecule has 51 heavy (non-hydrogen) atoms. The summed E-state index contributed by atoms with van der Waals surface area (Å²) in [6.45, 7) is 3.05. The summed E-state index contributed by atoms with van der Waals surface area (Å²) in [5.74, 6) is -0.870. The maximum Gasteiger partial charge on any atom is 0.355 e. The van der Waals surface area contributed by atoms with Crippen LogP contribution >= 0.6 is 11.3 Å². The monoisotopic (exact) mass is 710 g/mol. The number of hydrogen-bond donors (Lipinski definition) is 4. The number of ether oxygens (including phenoxy) is 1. The fourth-order valence-corrected chi connectivity index (χ4v) is 8.14. The van der Waals surface area contributed by atoms with Crippen LogP contribution in [0.25, 0.3) is 21.3 Å². The molecule has 2 aliphatic rings. The number of aliphatic hydroxyl groups is 2. The van der Waals surface area contributed by atoms with Crippen molar-refractivity contribution in [3.63, 3.8) is 0 Å². The number of fused-ring (bicyclic) bond motifs is 2. The Kier molecular flexibility index (Phi) is 10.1. The standard InChI is InChI=1S/C38H42N6O6S/c1-24-29(19-39-44(24)23-38(50-22-26(46)21-45)16-6-2-3-7-17-38)27-13-14-33(41-34(27)36(48)49)43-18-15-25-9-8-10-28(30(25)20-43)35(47)42-37-40-31-11-4-5-12-32(31)51-37/h4-5,8-14,19,26,45-46H,2-3,6-7,15-18,20-23H2,1H3,(H,48,49)(H,40,42,47). The highest BCUT2D eigenvalue weighted by Gasteiger charge is 2.34. The first-order chi connectivity index (χ1) is 24.7. The van der Waals surface area contributed by atoms with E-state index in [1.165, 1.54) is 11.3 Å². The summed E-state index contributed by atoms with van der Waals surface area (Å²) in [6, 6.07) is 17.1. The van der Waals surface area contributed by atoms with Gasteiger partial charge in [0.05, 0.1) is 41.8 Å². The van der Waals surface area contributed by atoms with Crippen LogP contribution in [0.5, 0.6) is 0 Å². The number of benzene rings is 2. The van der Waals surface area contributed by atoms with E-state index in [1.54, 1.807) is 12.3 Å². The average molecular weight is 711 g/mol. The third-order valence-electron chi connectivity index (χ3n) is 10.1. The van der Waals surface area contributed by atoms with Crippen LogP contribution in [0.15, 0.2) is 60.8 Å². The number of para-hydroxylation sites is 1. The molecular formula is C38H42N6O6S. The molecule has 13 heteroatoms. The molecule has 7 rings (SSSR count). The van der Waals surface area contributed by atoms with Gasteiger partial charge in [0, 0.05) is 35.5 Å². The minimum absolute atomic E-state index is 0.0362. The van der Waals surface area contributed by atoms with Crippen LogP contribution in [0.4, 0.5) is 10.9 Å². The quantitative estimate of drug-likeness (QED) is 0.123. The molecule has 4 heterocycles. The highest BCUT2D eigenvalue weighted by molar-refractivity contribution is 7.22. The Balaban J connectivity index is 1.12. The molecule has 0 saturated heterocycles. The third-order valence-corrected chi connectivity index (χ3v) is 11.0. The number of amides is 1. The SMILES string of the molecule is Cc1c(-c2ccc(N3CCc4cccc(C(=O)Nc5nc6ccccc6s5)c4C3)nc2C(=O)O)cnn1CC1(OCC(O)CO)CCCCCC1. The summed E-state index contributed by atoms with van der Waals surface area (Å²) in [6.07, 6.45) is 7.22. The molecule has 0 spiro atoms. The number of carbonyl (C=O) groups excluding carboxylic acids is 1. The number of nitrogens with one attached hydrogen (secondary N) is 1. The van der Waals surface area contributed by atoms with E-state index in [2.05, 4.69) is 20.4 Å². The molecular weight excluding hydrogens is 669 g/mol. The van der Waals surface area contributed by atoms with Gasteiger partial charge in [0.1, 0.15) is 11.9 Å². The zero-order chi connectivity index (χ0) is 35.5. The van der Waals surface area contributed by atoms with Gasteiger partial charge in [0.25, 0.3) is 5.91 Å². The van der Waals surface area contributed by atoms with Gasteiger partial charge in [-0.15, -0.1) is 0 Å². The highest BCUT2D eigenvalue weighted by Crippen LogP contribution is 2.36. The van der Waals surface area contributed by atoms with E-state index >= 15 is 0 Å². The molecule has 1 amide bonds. The number of pyridine rings is 1. The predicted octanol–water partition coefficient (Wildman–Crippen LogP) is 5.84. The van der Waals surface area contributed by atoms with Crippen molar-refractivity contribution in [2.75, 3.05) is 30.0 Å². The van der Waals surface area contributed by atoms with Crippen LogP contribution in [0.2, 0.25) is 0 Å². The molecule has 12 nitrogen and oxygen atoms in total. The maximum absolute atomic E-state index is 13.5. The number of carboxylic acids is 1. The number of hydrogen-bond acceptors (Lipinski definition) is 10. The Morgan fingerprint density at radius 1 is 1.02 bits per heavy atom. The normalized spacial score (nSPS) is 16.4. The highest BCUT2D eigenvalue weighted by atomic mass is 32.1. The van der Waals surface area contributed by atoms with Crippen molar-refractivity contribution in [3.8, 4) is 11.1 Å². The lowest BCUT2D eigenvalue weighted by Gasteiger charge is -2.34. The second-order valence-electron chi connectivity index (χ2n) is 13.5. The minimum Gasteiger partial charge on any atom is -0.476 e. The molecule has 4 N–H and O–H groups in total. The van der Waals surface area contributed by atoms with Gasteiger partial charge in [-0.25, -0.2) is 14.8 Å². The zero-order valence-electron chi connectivity index (χ0n) is 28.5. The van der Waals surface area contributed by atoms with E-state index in [9.17, 15) is 24.9 Å². The van der Waals surface area contributed by atoms with Gasteiger partial charge in [-0.3, -0.25) is 14.8 Å². The molecule has 1 aliphatic heterocycles. The maximum atomic E-state index is 13.5. The third kappa shape index (κ3) is 7.38. The van der Waals surface area contributed by atoms with Gasteiger partial charge < -0.3 is 25.0 Å². The van der Waals surface area contributed by atoms with Gasteiger partial charge in [0.2, 0.25) is 0 Å². The van der Waals surface area contributed by atoms with Crippen LogP contribution in [0.3, 0.4) is 0 Å². The summed E-state index contributed by atoms with van der Waals surface area (Å²) in [4.78, 5) is 37.4. The molecule has 0 radical (unpaired) electrons. The molecule has 1 aliphatic carbocycles. The lowest BCUT2D eigenvalue weighted by atomic mass is 9.93. The van der Waals surface area contributed by atoms with Gasteiger partial charge in [-0.2, -0.15) is 5.10 Å². The lowest BCUT2D eigenvalue weighted by molar-refractivity contribution is -0.106. The predicted molar refractivity (Wildman–Crippen MR) is 195 cm³/mol. The topological polar surface area (TPSA) is 163 Å². The first-order valence-electron chi connectivity index (χ1n) is 17.5. The number of carboxylic acid groups (broad SMARTS) is 1. The molecule has 2 aromatic carbocycles. The second-order valence-corrected chi connectivity index (χ2v) is 14.5. The van der Waals surface area contributed by atoms with Crippen molar-refractivity contribution in [2.45, 2.75) is 76.7 Å². The Labute approximate surface area is 299 Å². The van der Waals surface area contributed by atoms with Crippen LogP contribution < -0.4 is 10.2 Å². The number of nitrogens with zero attached hydrogens (tertiary/aromatic N) is 5. The number of anilines is 2. The summed E-state index contributed by atoms with van der Waals surface area (Å²) < 4.78 is 9.15. The largest absolute Gasteiger partial charge is 0.476 e. The second kappa shape index (κ2) is 14.9. The number of aromatic nitrogens is 4. The summed E-state index contributed by atoms with van der Waals surface area (Å²) >= 11 is 1.43. The van der Waals surface area contributed by atoms with Crippen molar-refractivity contribution in [1.82, 2.24) is 19.7 Å². The molecule has 1 saturated carbocycles. The lowest BCUT2D eigenvalue weighted by Crippen LogP contribution is -2.40. The van der Waals surface area contributed by atoms with Crippen molar-refractivity contribution in [2.24, 2.45) is 0 Å². The van der Waals surface area contributed by atoms with E-state index in [1.807, 2.05) is 65.0 Å². The number of rotatable bonds is 11. The molecule has 0 bridgehead atoms. The molecule has 3 aromatic heterocycles. The van der Waals surface area contributed by atoms with Crippen LogP contribution in [0.1, 0.15) is 76.2 Å². The zero-order valence-corrected chi connectivity index (χ0v) is 29.4. The fraction of sp³-hybridized carbons (Fsp3) is 0.395. The van der Waals surface area contributed by atoms with Crippen molar-refractivity contribution in [3.05, 3.63) is 88.9 Å². The fourth-order valence-electron chi connectivity index (χ4n) is 7.27. The van der Waals surface area contributed by atoms with Gasteiger partial charge in [-0.05, 0) is 67.6 Å². The van der Waals surface area contributed by atoms with Gasteiger partial charge in [-0.1, -0.05) is 61.3 Å². The Morgan fingerprint density at radius 3 is 2.59 bits per heavy atom. The molecule has 266 valence electrons. The smallest absolute Gasteiger partial charge is 0.355 e. The first-order valence-corrected chi connectivity index (χ1v) is 18.3. The first kappa shape index (κ1) is 34.7. The Morgan fingerprint density at radius 2 is 1.82 bits per heavy atom. The van der Waals surface area contributed by atoms with Crippen molar-refractivity contribution < 1.29 is 29.6 Å². The average Bonchev–Trinajstić information content (AvgIpc) is 3.63. The van der Waals surface area contributed by atoms with E-state index in [-0.39, 0.29) is 24.8 Å². The number of carbonyl (C=O) groups is 2. The minimum atomic E-state index is -1.14. The number of aliphatic hydroxyl groups excluding tert-OH is 2. The van der Waals surface area contributed by atoms with E-state index in [4.69, 9.17) is 4.74 Å². The summed E-state index contributed by atoms with van der Waals surface area (Å²) in [5.41, 5.74) is 4.64. The Hall–Kier alpha value is -4.69. The van der Waals surface area contributed by atoms with Gasteiger partial charge >= 0.3 is 5.97 Å². The van der Waals surface area contributed by atoms with E-state index in [0.717, 1.165) is 65.6 Å². The molecule has 1 atom stereocenters. The molecule has 1 unspecified atom stereocenters. The van der Waals surface area contributed by atoms with Crippen LogP contribution in [-0.4, -0.2) is 78.4 Å². The van der Waals surface area contributed by atoms with E-state index in [0.29, 0.717) is 53.7 Å². The summed E-state index contributed by atoms with van der Waals surface area (Å²) in [5, 5.41) is 37.9. The Bertz CT molecular complexity index is 2020. The van der Waals surface area contributed by atoms with Crippen molar-refractivity contribution in [1.29, 1.82) is 0 Å². The number of aromatic carboxylic acids is 1. The number of thiazole rings is 1. The summed E-state index contributed by atoms with van der Waals surface area (Å²) in [7, 11) is 0. The van der Waals surface area contributed by atoms with Crippen LogP contribution in [-0.2, 0) is 24.2 Å². The molecule has 5 aromatic rings. The van der Waals surface area contributed by atoms with Crippen molar-refractivity contribution >= 4 is 44.4 Å². The van der Waals surface area contributed by atoms with Gasteiger partial charge in [0.15, 0.2) is 10.8 Å². The van der Waals surface area contributed by atoms with E-state index < -0.39 is 17.7 Å².